The molecule has 0 aliphatic carbocycles. The third-order valence-corrected chi connectivity index (χ3v) is 2.26. The number of aliphatic hydroxyl groups is 1. The average Bonchev–Trinajstić information content (AvgIpc) is 2.22. The van der Waals surface area contributed by atoms with Crippen LogP contribution in [0, 0.1) is 0 Å². The zero-order valence-electron chi connectivity index (χ0n) is 8.44. The molecule has 1 aromatic rings. The van der Waals surface area contributed by atoms with Crippen molar-refractivity contribution in [3.63, 3.8) is 0 Å². The summed E-state index contributed by atoms with van der Waals surface area (Å²) in [4.78, 5) is 12.2. The van der Waals surface area contributed by atoms with Gasteiger partial charge in [-0.15, -0.1) is 12.6 Å². The Morgan fingerprint density at radius 2 is 2.00 bits per heavy atom. The number of rotatable bonds is 5. The Labute approximate surface area is 94.9 Å². The van der Waals surface area contributed by atoms with Gasteiger partial charge in [-0.25, -0.2) is 0 Å². The molecule has 2 N–H and O–H groups in total. The summed E-state index contributed by atoms with van der Waals surface area (Å²) in [5.74, 6) is -0.0182. The first-order valence-electron chi connectivity index (χ1n) is 4.88. The number of benzene rings is 1. The summed E-state index contributed by atoms with van der Waals surface area (Å²) >= 11 is 4.16. The zero-order valence-corrected chi connectivity index (χ0v) is 9.33. The highest BCUT2D eigenvalue weighted by Gasteiger charge is 2.01. The monoisotopic (exact) mass is 225 g/mol. The lowest BCUT2D eigenvalue weighted by molar-refractivity contribution is -0.120. The molecule has 4 heteroatoms. The molecular weight excluding hydrogens is 210 g/mol. The van der Waals surface area contributed by atoms with Crippen molar-refractivity contribution >= 4 is 18.5 Å². The summed E-state index contributed by atoms with van der Waals surface area (Å²) in [6, 6.07) is 7.49. The van der Waals surface area contributed by atoms with Gasteiger partial charge in [-0.3, -0.25) is 4.79 Å². The summed E-state index contributed by atoms with van der Waals surface area (Å²) in [7, 11) is 0. The van der Waals surface area contributed by atoms with Crippen LogP contribution < -0.4 is 5.32 Å². The van der Waals surface area contributed by atoms with Crippen molar-refractivity contribution in [2.75, 3.05) is 13.2 Å². The molecule has 0 saturated heterocycles. The SMILES string of the molecule is O=C(Cc1ccc(S)cc1)NCCCO. The van der Waals surface area contributed by atoms with E-state index in [4.69, 9.17) is 5.11 Å². The average molecular weight is 225 g/mol. The van der Waals surface area contributed by atoms with Crippen LogP contribution in [0.15, 0.2) is 29.2 Å². The van der Waals surface area contributed by atoms with Gasteiger partial charge in [0.25, 0.3) is 0 Å². The fourth-order valence-electron chi connectivity index (χ4n) is 1.17. The van der Waals surface area contributed by atoms with Gasteiger partial charge in [0.2, 0.25) is 5.91 Å². The molecule has 0 radical (unpaired) electrons. The van der Waals surface area contributed by atoms with E-state index in [1.807, 2.05) is 24.3 Å². The largest absolute Gasteiger partial charge is 0.396 e. The van der Waals surface area contributed by atoms with Crippen LogP contribution in [0.3, 0.4) is 0 Å². The van der Waals surface area contributed by atoms with Crippen LogP contribution in [-0.4, -0.2) is 24.2 Å². The first-order chi connectivity index (χ1) is 7.22. The molecular formula is C11H15NO2S. The van der Waals surface area contributed by atoms with Gasteiger partial charge in [-0.05, 0) is 24.1 Å². The highest BCUT2D eigenvalue weighted by atomic mass is 32.1. The van der Waals surface area contributed by atoms with E-state index in [-0.39, 0.29) is 12.5 Å². The van der Waals surface area contributed by atoms with Crippen LogP contribution in [0.4, 0.5) is 0 Å². The number of aliphatic hydroxyl groups excluding tert-OH is 1. The lowest BCUT2D eigenvalue weighted by Crippen LogP contribution is -2.26. The molecule has 0 spiro atoms. The lowest BCUT2D eigenvalue weighted by atomic mass is 10.1. The van der Waals surface area contributed by atoms with Crippen LogP contribution in [0.2, 0.25) is 0 Å². The number of thiol groups is 1. The second-order valence-electron chi connectivity index (χ2n) is 3.27. The number of carbonyl (C=O) groups is 1. The van der Waals surface area contributed by atoms with Gasteiger partial charge < -0.3 is 10.4 Å². The third kappa shape index (κ3) is 4.85. The van der Waals surface area contributed by atoms with E-state index in [0.29, 0.717) is 19.4 Å². The molecule has 15 heavy (non-hydrogen) atoms. The van der Waals surface area contributed by atoms with Gasteiger partial charge in [-0.2, -0.15) is 0 Å². The number of hydrogen-bond donors (Lipinski definition) is 3. The smallest absolute Gasteiger partial charge is 0.224 e. The van der Waals surface area contributed by atoms with E-state index in [1.54, 1.807) is 0 Å². The maximum absolute atomic E-state index is 11.4. The van der Waals surface area contributed by atoms with Crippen LogP contribution in [0.1, 0.15) is 12.0 Å². The summed E-state index contributed by atoms with van der Waals surface area (Å²) in [6.45, 7) is 0.634. The van der Waals surface area contributed by atoms with Crippen LogP contribution in [-0.2, 0) is 11.2 Å². The quantitative estimate of drug-likeness (QED) is 0.517. The van der Waals surface area contributed by atoms with Crippen LogP contribution >= 0.6 is 12.6 Å². The van der Waals surface area contributed by atoms with E-state index in [0.717, 1.165) is 10.5 Å². The molecule has 1 rings (SSSR count). The van der Waals surface area contributed by atoms with E-state index in [1.165, 1.54) is 0 Å². The van der Waals surface area contributed by atoms with Gasteiger partial charge >= 0.3 is 0 Å². The molecule has 1 amide bonds. The Morgan fingerprint density at radius 1 is 1.33 bits per heavy atom. The summed E-state index contributed by atoms with van der Waals surface area (Å²) in [6.07, 6.45) is 0.973. The van der Waals surface area contributed by atoms with Gasteiger partial charge in [0.05, 0.1) is 6.42 Å². The maximum atomic E-state index is 11.4. The number of nitrogens with one attached hydrogen (secondary N) is 1. The van der Waals surface area contributed by atoms with Crippen LogP contribution in [0.25, 0.3) is 0 Å². The first kappa shape index (κ1) is 12.1. The second kappa shape index (κ2) is 6.48. The minimum Gasteiger partial charge on any atom is -0.396 e. The first-order valence-corrected chi connectivity index (χ1v) is 5.32. The Morgan fingerprint density at radius 3 is 2.60 bits per heavy atom. The van der Waals surface area contributed by atoms with Gasteiger partial charge in [0.15, 0.2) is 0 Å². The Hall–Kier alpha value is -1.00. The third-order valence-electron chi connectivity index (χ3n) is 1.96. The molecule has 0 aromatic heterocycles. The normalized spacial score (nSPS) is 10.0. The number of carbonyl (C=O) groups excluding carboxylic acids is 1. The van der Waals surface area contributed by atoms with E-state index in [2.05, 4.69) is 17.9 Å². The summed E-state index contributed by atoms with van der Waals surface area (Å²) < 4.78 is 0. The van der Waals surface area contributed by atoms with Crippen molar-refractivity contribution in [1.82, 2.24) is 5.32 Å². The Balaban J connectivity index is 2.34. The van der Waals surface area contributed by atoms with Gasteiger partial charge in [-0.1, -0.05) is 12.1 Å². The lowest BCUT2D eigenvalue weighted by Gasteiger charge is -2.04. The minimum absolute atomic E-state index is 0.0182. The number of hydrogen-bond acceptors (Lipinski definition) is 3. The molecule has 0 bridgehead atoms. The predicted octanol–water partition coefficient (Wildman–Crippen LogP) is 1.02. The molecule has 0 unspecified atom stereocenters. The molecule has 0 fully saturated rings. The van der Waals surface area contributed by atoms with Crippen molar-refractivity contribution in [3.05, 3.63) is 29.8 Å². The van der Waals surface area contributed by atoms with E-state index < -0.39 is 0 Å². The fourth-order valence-corrected chi connectivity index (χ4v) is 1.32. The molecule has 1 aromatic carbocycles. The zero-order chi connectivity index (χ0) is 11.1. The Kier molecular flexibility index (Phi) is 5.21. The molecule has 0 aliphatic rings. The second-order valence-corrected chi connectivity index (χ2v) is 3.79. The van der Waals surface area contributed by atoms with Crippen molar-refractivity contribution in [2.45, 2.75) is 17.7 Å². The maximum Gasteiger partial charge on any atom is 0.224 e. The van der Waals surface area contributed by atoms with Crippen molar-refractivity contribution in [1.29, 1.82) is 0 Å². The van der Waals surface area contributed by atoms with E-state index in [9.17, 15) is 4.79 Å². The van der Waals surface area contributed by atoms with Gasteiger partial charge in [0.1, 0.15) is 0 Å². The molecule has 0 atom stereocenters. The topological polar surface area (TPSA) is 49.3 Å². The van der Waals surface area contributed by atoms with Crippen LogP contribution in [0.5, 0.6) is 0 Å². The minimum atomic E-state index is -0.0182. The highest BCUT2D eigenvalue weighted by molar-refractivity contribution is 7.80. The van der Waals surface area contributed by atoms with E-state index >= 15 is 0 Å². The highest BCUT2D eigenvalue weighted by Crippen LogP contribution is 2.07. The van der Waals surface area contributed by atoms with Gasteiger partial charge in [0, 0.05) is 18.0 Å². The molecule has 3 nitrogen and oxygen atoms in total. The molecule has 82 valence electrons. The predicted molar refractivity (Wildman–Crippen MR) is 62.1 cm³/mol. The molecule has 0 aliphatic heterocycles. The summed E-state index contributed by atoms with van der Waals surface area (Å²) in [5.41, 5.74) is 0.967. The standard InChI is InChI=1S/C11H15NO2S/c13-7-1-6-12-11(14)8-9-2-4-10(15)5-3-9/h2-5,13,15H,1,6-8H2,(H,12,14). The van der Waals surface area contributed by atoms with Crippen molar-refractivity contribution < 1.29 is 9.90 Å². The summed E-state index contributed by atoms with van der Waals surface area (Å²) in [5, 5.41) is 11.3. The number of amides is 1. The Bertz CT molecular complexity index is 311. The molecule has 0 heterocycles. The fraction of sp³-hybridized carbons (Fsp3) is 0.364. The van der Waals surface area contributed by atoms with Crippen molar-refractivity contribution in [3.8, 4) is 0 Å². The molecule has 0 saturated carbocycles. The van der Waals surface area contributed by atoms with Crippen molar-refractivity contribution in [2.24, 2.45) is 0 Å².